The number of carboxylic acids is 2. The number of aromatic nitrogens is 1. The Labute approximate surface area is 409 Å². The molecule has 3 saturated heterocycles. The summed E-state index contributed by atoms with van der Waals surface area (Å²) in [7, 11) is 0. The van der Waals surface area contributed by atoms with E-state index in [0.717, 1.165) is 79.8 Å². The van der Waals surface area contributed by atoms with Gasteiger partial charge in [-0.2, -0.15) is 26.3 Å². The van der Waals surface area contributed by atoms with Gasteiger partial charge in [-0.15, -0.1) is 0 Å². The third kappa shape index (κ3) is 18.0. The van der Waals surface area contributed by atoms with Crippen LogP contribution in [0.5, 0.6) is 0 Å². The molecule has 3 aliphatic heterocycles. The van der Waals surface area contributed by atoms with Gasteiger partial charge in [0.2, 0.25) is 29.5 Å². The van der Waals surface area contributed by atoms with Crippen LogP contribution in [0.4, 0.5) is 26.3 Å². The van der Waals surface area contributed by atoms with Gasteiger partial charge in [-0.05, 0) is 42.0 Å². The van der Waals surface area contributed by atoms with Crippen LogP contribution < -0.4 is 26.6 Å². The number of hydrogen-bond donors (Lipinski definition) is 8. The number of amides is 5. The van der Waals surface area contributed by atoms with Crippen molar-refractivity contribution in [3.8, 4) is 0 Å². The van der Waals surface area contributed by atoms with Crippen molar-refractivity contribution in [3.63, 3.8) is 0 Å². The molecular formula is C48H56F6N8O10. The van der Waals surface area contributed by atoms with E-state index in [0.29, 0.717) is 12.5 Å². The Morgan fingerprint density at radius 1 is 0.667 bits per heavy atom. The summed E-state index contributed by atoms with van der Waals surface area (Å²) in [6, 6.07) is 23.2. The second-order valence-electron chi connectivity index (χ2n) is 17.2. The van der Waals surface area contributed by atoms with Gasteiger partial charge in [0, 0.05) is 68.7 Å². The number of para-hydroxylation sites is 1. The molecule has 18 nitrogen and oxygen atoms in total. The van der Waals surface area contributed by atoms with Crippen LogP contribution in [0.1, 0.15) is 36.0 Å². The van der Waals surface area contributed by atoms with Crippen LogP contribution in [-0.4, -0.2) is 162 Å². The number of rotatable bonds is 10. The van der Waals surface area contributed by atoms with Gasteiger partial charge in [0.15, 0.2) is 0 Å². The molecule has 0 spiro atoms. The summed E-state index contributed by atoms with van der Waals surface area (Å²) in [5.74, 6) is -8.00. The van der Waals surface area contributed by atoms with E-state index >= 15 is 0 Å². The van der Waals surface area contributed by atoms with Crippen molar-refractivity contribution >= 4 is 52.4 Å². The van der Waals surface area contributed by atoms with Gasteiger partial charge in [-0.3, -0.25) is 33.8 Å². The molecule has 4 heterocycles. The first-order valence-electron chi connectivity index (χ1n) is 22.9. The fraction of sp³-hybridized carbons (Fsp3) is 0.438. The molecule has 4 atom stereocenters. The number of halogens is 6. The van der Waals surface area contributed by atoms with Gasteiger partial charge in [0.25, 0.3) is 0 Å². The number of carboxylic acid groups (broad SMARTS) is 2. The Bertz CT molecular complexity index is 2420. The zero-order valence-corrected chi connectivity index (χ0v) is 38.8. The first kappa shape index (κ1) is 55.9. The van der Waals surface area contributed by atoms with Crippen LogP contribution in [-0.2, 0) is 57.6 Å². The van der Waals surface area contributed by atoms with Gasteiger partial charge in [0.05, 0.1) is 32.2 Å². The Balaban J connectivity index is 0.000000602. The molecular weight excluding hydrogens is 963 g/mol. The number of piperidine rings is 1. The molecule has 5 amide bonds. The van der Waals surface area contributed by atoms with Crippen molar-refractivity contribution < 1.29 is 74.9 Å². The van der Waals surface area contributed by atoms with E-state index in [2.05, 4.69) is 41.4 Å². The zero-order chi connectivity index (χ0) is 52.4. The number of likely N-dealkylation sites (tertiary alicyclic amines) is 1. The van der Waals surface area contributed by atoms with Crippen molar-refractivity contribution in [2.45, 2.75) is 81.1 Å². The lowest BCUT2D eigenvalue weighted by Gasteiger charge is -2.39. The van der Waals surface area contributed by atoms with Crippen LogP contribution in [0.15, 0.2) is 91.1 Å². The van der Waals surface area contributed by atoms with Crippen molar-refractivity contribution in [2.24, 2.45) is 0 Å². The molecule has 0 aliphatic carbocycles. The number of nitrogens with zero attached hydrogens (tertiary/aromatic N) is 2. The van der Waals surface area contributed by atoms with Gasteiger partial charge in [-0.25, -0.2) is 9.59 Å². The van der Waals surface area contributed by atoms with Crippen LogP contribution in [0.25, 0.3) is 10.9 Å². The summed E-state index contributed by atoms with van der Waals surface area (Å²) in [5.41, 5.74) is 3.45. The van der Waals surface area contributed by atoms with E-state index in [-0.39, 0.29) is 31.8 Å². The third-order valence-corrected chi connectivity index (χ3v) is 11.9. The van der Waals surface area contributed by atoms with Gasteiger partial charge in [0.1, 0.15) is 18.1 Å². The molecule has 3 fully saturated rings. The topological polar surface area (TPSA) is 252 Å². The average Bonchev–Trinajstić information content (AvgIpc) is 3.75. The first-order chi connectivity index (χ1) is 34.2. The van der Waals surface area contributed by atoms with E-state index in [1.54, 1.807) is 6.20 Å². The maximum absolute atomic E-state index is 14.3. The largest absolute Gasteiger partial charge is 0.490 e. The fourth-order valence-corrected chi connectivity index (χ4v) is 8.26. The number of carbonyl (C=O) groups is 7. The number of morpholine rings is 1. The summed E-state index contributed by atoms with van der Waals surface area (Å²) in [6.45, 7) is 4.90. The minimum atomic E-state index is -5.08. The number of hydrogen-bond acceptors (Lipinski definition) is 10. The van der Waals surface area contributed by atoms with Crippen molar-refractivity contribution in [1.29, 1.82) is 0 Å². The van der Waals surface area contributed by atoms with Crippen LogP contribution in [0.2, 0.25) is 0 Å². The lowest BCUT2D eigenvalue weighted by Crippen LogP contribution is -2.59. The maximum atomic E-state index is 14.3. The normalized spacial score (nSPS) is 21.2. The van der Waals surface area contributed by atoms with E-state index in [1.165, 1.54) is 0 Å². The highest BCUT2D eigenvalue weighted by atomic mass is 19.4. The molecule has 1 aromatic heterocycles. The highest BCUT2D eigenvalue weighted by Gasteiger charge is 2.39. The molecule has 4 aromatic rings. The summed E-state index contributed by atoms with van der Waals surface area (Å²) in [6.07, 6.45) is -6.19. The highest BCUT2D eigenvalue weighted by Crippen LogP contribution is 2.21. The second kappa shape index (κ2) is 26.4. The van der Waals surface area contributed by atoms with Gasteiger partial charge >= 0.3 is 24.3 Å². The Kier molecular flexibility index (Phi) is 20.5. The lowest BCUT2D eigenvalue weighted by atomic mass is 10.00. The average molecular weight is 1020 g/mol. The molecule has 390 valence electrons. The van der Waals surface area contributed by atoms with E-state index in [9.17, 15) is 50.3 Å². The first-order valence-corrected chi connectivity index (χ1v) is 22.9. The van der Waals surface area contributed by atoms with Gasteiger partial charge in [-0.1, -0.05) is 78.9 Å². The van der Waals surface area contributed by atoms with Crippen molar-refractivity contribution in [3.05, 3.63) is 108 Å². The predicted octanol–water partition coefficient (Wildman–Crippen LogP) is 2.72. The molecule has 8 N–H and O–H groups in total. The van der Waals surface area contributed by atoms with Crippen molar-refractivity contribution in [1.82, 2.24) is 41.4 Å². The lowest BCUT2D eigenvalue weighted by molar-refractivity contribution is -0.193. The summed E-state index contributed by atoms with van der Waals surface area (Å²) < 4.78 is 69.0. The number of H-pyrrole nitrogens is 1. The number of benzene rings is 3. The minimum Gasteiger partial charge on any atom is -0.475 e. The number of ether oxygens (including phenoxy) is 1. The molecule has 24 heteroatoms. The van der Waals surface area contributed by atoms with E-state index < -0.39 is 78.5 Å². The number of alkyl halides is 6. The molecule has 0 unspecified atom stereocenters. The summed E-state index contributed by atoms with van der Waals surface area (Å²) >= 11 is 0. The van der Waals surface area contributed by atoms with Crippen molar-refractivity contribution in [2.75, 3.05) is 52.5 Å². The SMILES string of the molecule is O=C(O)C(F)(F)F.O=C(O)C(F)(F)F.O=C1C[C@@H](NC(=O)CN2CCC(N3CCOCC3)CC2)C(=O)NC[C@@H](Cc2ccccc2)NC(=O)[C@H](Cc2ccccc2)NC(=O)[C@H](Cc2c[nH]c3ccccc23)N1. The Morgan fingerprint density at radius 2 is 1.19 bits per heavy atom. The van der Waals surface area contributed by atoms with E-state index in [1.807, 2.05) is 84.9 Å². The van der Waals surface area contributed by atoms with Crippen LogP contribution in [0, 0.1) is 0 Å². The summed E-state index contributed by atoms with van der Waals surface area (Å²) in [4.78, 5) is 95.5. The molecule has 0 radical (unpaired) electrons. The molecule has 3 aromatic carbocycles. The minimum absolute atomic E-state index is 0.0255. The highest BCUT2D eigenvalue weighted by molar-refractivity contribution is 5.96. The summed E-state index contributed by atoms with van der Waals surface area (Å²) in [5, 5.41) is 29.8. The number of nitrogens with one attached hydrogen (secondary N) is 6. The molecule has 72 heavy (non-hydrogen) atoms. The van der Waals surface area contributed by atoms with E-state index in [4.69, 9.17) is 24.5 Å². The second-order valence-corrected chi connectivity index (χ2v) is 17.2. The third-order valence-electron chi connectivity index (χ3n) is 11.9. The molecule has 0 saturated carbocycles. The number of aromatic amines is 1. The van der Waals surface area contributed by atoms with Gasteiger partial charge < -0.3 is 46.5 Å². The smallest absolute Gasteiger partial charge is 0.475 e. The fourth-order valence-electron chi connectivity index (χ4n) is 8.26. The number of aliphatic carboxylic acids is 2. The molecule has 0 bridgehead atoms. The monoisotopic (exact) mass is 1020 g/mol. The number of fused-ring (bicyclic) bond motifs is 1. The zero-order valence-electron chi connectivity index (χ0n) is 38.8. The van der Waals surface area contributed by atoms with Crippen LogP contribution >= 0.6 is 0 Å². The van der Waals surface area contributed by atoms with Crippen LogP contribution in [0.3, 0.4) is 0 Å². The molecule has 3 aliphatic rings. The molecule has 7 rings (SSSR count). The maximum Gasteiger partial charge on any atom is 0.490 e. The standard InChI is InChI=1S/C44H54N8O6.2C2HF3O2/c53-40-26-39(49-41(54)29-51-17-15-34(16-18-51)52-19-21-58-22-20-52)42(55)46-28-33(23-30-9-3-1-4-10-30)47-43(56)37(24-31-11-5-2-6-12-31)50-44(57)38(48-40)25-32-27-45-36-14-8-7-13-35(32)36;2*3-2(4,5)1(6)7/h1-14,27,33-34,37-39,45H,15-26,28-29H2,(H,46,55)(H,47,56)(H,48,53)(H,49,54)(H,50,57);2*(H,6,7)/t33-,37+,38+,39-;;/m1../s1. The Hall–Kier alpha value is -7.05. The predicted molar refractivity (Wildman–Crippen MR) is 247 cm³/mol. The number of carbonyl (C=O) groups excluding carboxylic acids is 5. The Morgan fingerprint density at radius 3 is 1.78 bits per heavy atom. The quantitative estimate of drug-likeness (QED) is 0.107.